The van der Waals surface area contributed by atoms with Crippen molar-refractivity contribution in [1.82, 2.24) is 19.5 Å². The largest absolute Gasteiger partial charge is 0.463 e. The number of nitrogen functional groups attached to an aromatic ring is 1. The van der Waals surface area contributed by atoms with Crippen LogP contribution < -0.4 is 11.2 Å². The second-order valence-corrected chi connectivity index (χ2v) is 5.85. The third-order valence-electron chi connectivity index (χ3n) is 4.18. The Balaban J connectivity index is 1.74. The van der Waals surface area contributed by atoms with E-state index in [4.69, 9.17) is 14.9 Å². The standard InChI is InChI=1S/C15H17N7O5/c16-12-9-13(18-6-17-12)22(14-11(25)10(24)8(5-23)27-14)15(20-9)21-19-4-7-2-1-3-26-7/h1-4,6,8,10-11,14,23-25H,5H2,(H,20,21)(H2,16,17,18)/b19-4+/t8-,10-,11-,14-/m1/s1. The summed E-state index contributed by atoms with van der Waals surface area (Å²) in [6.45, 7) is -0.460. The number of imidazole rings is 1. The molecule has 0 unspecified atom stereocenters. The highest BCUT2D eigenvalue weighted by atomic mass is 16.6. The molecular formula is C15H17N7O5. The van der Waals surface area contributed by atoms with E-state index in [-0.39, 0.29) is 22.9 Å². The predicted octanol–water partition coefficient (Wildman–Crippen LogP) is -0.941. The molecule has 12 heteroatoms. The van der Waals surface area contributed by atoms with Crippen LogP contribution >= 0.6 is 0 Å². The van der Waals surface area contributed by atoms with Crippen LogP contribution in [0.15, 0.2) is 34.2 Å². The molecular weight excluding hydrogens is 358 g/mol. The van der Waals surface area contributed by atoms with E-state index in [1.165, 1.54) is 23.4 Å². The number of aromatic nitrogens is 4. The van der Waals surface area contributed by atoms with Crippen LogP contribution in [0.2, 0.25) is 0 Å². The van der Waals surface area contributed by atoms with Gasteiger partial charge in [0.15, 0.2) is 23.2 Å². The summed E-state index contributed by atoms with van der Waals surface area (Å²) >= 11 is 0. The number of nitrogens with one attached hydrogen (secondary N) is 1. The predicted molar refractivity (Wildman–Crippen MR) is 92.7 cm³/mol. The van der Waals surface area contributed by atoms with Crippen LogP contribution in [-0.2, 0) is 4.74 Å². The van der Waals surface area contributed by atoms with Gasteiger partial charge in [0.1, 0.15) is 30.4 Å². The van der Waals surface area contributed by atoms with Crippen LogP contribution in [0.1, 0.15) is 12.0 Å². The van der Waals surface area contributed by atoms with Gasteiger partial charge < -0.3 is 30.2 Å². The summed E-state index contributed by atoms with van der Waals surface area (Å²) < 4.78 is 12.1. The molecule has 27 heavy (non-hydrogen) atoms. The van der Waals surface area contributed by atoms with Crippen molar-refractivity contribution in [3.8, 4) is 0 Å². The second-order valence-electron chi connectivity index (χ2n) is 5.85. The van der Waals surface area contributed by atoms with Crippen molar-refractivity contribution in [1.29, 1.82) is 0 Å². The average Bonchev–Trinajstić information content (AvgIpc) is 3.36. The van der Waals surface area contributed by atoms with Crippen LogP contribution in [-0.4, -0.2) is 66.0 Å². The molecule has 0 bridgehead atoms. The lowest BCUT2D eigenvalue weighted by Gasteiger charge is -2.18. The molecule has 0 aromatic carbocycles. The zero-order chi connectivity index (χ0) is 19.0. The summed E-state index contributed by atoms with van der Waals surface area (Å²) in [5.41, 5.74) is 9.11. The monoisotopic (exact) mass is 375 g/mol. The van der Waals surface area contributed by atoms with Gasteiger partial charge in [-0.15, -0.1) is 0 Å². The van der Waals surface area contributed by atoms with Gasteiger partial charge in [-0.25, -0.2) is 20.4 Å². The lowest BCUT2D eigenvalue weighted by molar-refractivity contribution is -0.0501. The summed E-state index contributed by atoms with van der Waals surface area (Å²) in [5.74, 6) is 0.788. The molecule has 0 spiro atoms. The lowest BCUT2D eigenvalue weighted by Crippen LogP contribution is -2.33. The van der Waals surface area contributed by atoms with E-state index in [9.17, 15) is 15.3 Å². The van der Waals surface area contributed by atoms with Gasteiger partial charge in [0, 0.05) is 0 Å². The SMILES string of the molecule is Nc1ncnc2c1nc(N/N=C/c1ccco1)n2[C@@H]1O[C@H](CO)[C@@H](O)[C@H]1O. The van der Waals surface area contributed by atoms with E-state index in [1.54, 1.807) is 12.1 Å². The summed E-state index contributed by atoms with van der Waals surface area (Å²) in [6, 6.07) is 3.43. The van der Waals surface area contributed by atoms with E-state index >= 15 is 0 Å². The molecule has 0 radical (unpaired) electrons. The van der Waals surface area contributed by atoms with Gasteiger partial charge in [0.05, 0.1) is 19.1 Å². The molecule has 1 saturated heterocycles. The number of rotatable bonds is 5. The van der Waals surface area contributed by atoms with Crippen LogP contribution in [0.4, 0.5) is 11.8 Å². The fourth-order valence-corrected chi connectivity index (χ4v) is 2.86. The number of fused-ring (bicyclic) bond motifs is 1. The second kappa shape index (κ2) is 6.92. The van der Waals surface area contributed by atoms with E-state index in [0.717, 1.165) is 0 Å². The molecule has 1 aliphatic heterocycles. The summed E-state index contributed by atoms with van der Waals surface area (Å²) in [7, 11) is 0. The Morgan fingerprint density at radius 2 is 2.19 bits per heavy atom. The molecule has 0 aliphatic carbocycles. The quantitative estimate of drug-likeness (QED) is 0.276. The van der Waals surface area contributed by atoms with E-state index < -0.39 is 31.1 Å². The third kappa shape index (κ3) is 3.00. The maximum absolute atomic E-state index is 10.4. The van der Waals surface area contributed by atoms with Gasteiger partial charge >= 0.3 is 0 Å². The number of aliphatic hydroxyl groups excluding tert-OH is 3. The number of hydrazone groups is 1. The van der Waals surface area contributed by atoms with Gasteiger partial charge in [-0.1, -0.05) is 0 Å². The van der Waals surface area contributed by atoms with E-state index in [2.05, 4.69) is 25.5 Å². The van der Waals surface area contributed by atoms with Gasteiger partial charge in [-0.3, -0.25) is 4.57 Å². The number of nitrogens with zero attached hydrogens (tertiary/aromatic N) is 5. The van der Waals surface area contributed by atoms with Gasteiger partial charge in [-0.05, 0) is 12.1 Å². The molecule has 4 rings (SSSR count). The number of anilines is 2. The number of ether oxygens (including phenoxy) is 1. The minimum absolute atomic E-state index is 0.128. The van der Waals surface area contributed by atoms with Crippen molar-refractivity contribution < 1.29 is 24.5 Å². The molecule has 4 heterocycles. The number of aliphatic hydroxyl groups is 3. The minimum atomic E-state index is -1.33. The highest BCUT2D eigenvalue weighted by Crippen LogP contribution is 2.35. The van der Waals surface area contributed by atoms with Crippen molar-refractivity contribution in [3.63, 3.8) is 0 Å². The Hall–Kier alpha value is -3.06. The van der Waals surface area contributed by atoms with Crippen molar-refractivity contribution >= 4 is 29.1 Å². The first-order valence-corrected chi connectivity index (χ1v) is 8.03. The molecule has 3 aromatic heterocycles. The Labute approximate surface area is 151 Å². The smallest absolute Gasteiger partial charge is 0.228 e. The summed E-state index contributed by atoms with van der Waals surface area (Å²) in [5, 5.41) is 33.8. The van der Waals surface area contributed by atoms with Crippen LogP contribution in [0.25, 0.3) is 11.2 Å². The Morgan fingerprint density at radius 3 is 2.89 bits per heavy atom. The molecule has 1 aliphatic rings. The minimum Gasteiger partial charge on any atom is -0.463 e. The number of nitrogens with two attached hydrogens (primary N) is 1. The van der Waals surface area contributed by atoms with Crippen LogP contribution in [0.5, 0.6) is 0 Å². The van der Waals surface area contributed by atoms with Crippen LogP contribution in [0, 0.1) is 0 Å². The molecule has 142 valence electrons. The molecule has 6 N–H and O–H groups in total. The summed E-state index contributed by atoms with van der Waals surface area (Å²) in [4.78, 5) is 12.3. The first-order valence-electron chi connectivity index (χ1n) is 8.03. The van der Waals surface area contributed by atoms with Crippen LogP contribution in [0.3, 0.4) is 0 Å². The maximum Gasteiger partial charge on any atom is 0.228 e. The first kappa shape index (κ1) is 17.4. The van der Waals surface area contributed by atoms with E-state index in [1.807, 2.05) is 0 Å². The topological polar surface area (TPSA) is 177 Å². The lowest BCUT2D eigenvalue weighted by atomic mass is 10.1. The Kier molecular flexibility index (Phi) is 4.45. The molecule has 0 amide bonds. The molecule has 12 nitrogen and oxygen atoms in total. The first-order chi connectivity index (χ1) is 13.1. The maximum atomic E-state index is 10.4. The van der Waals surface area contributed by atoms with Gasteiger partial charge in [0.25, 0.3) is 0 Å². The highest BCUT2D eigenvalue weighted by molar-refractivity contribution is 5.84. The molecule has 0 saturated carbocycles. The van der Waals surface area contributed by atoms with Gasteiger partial charge in [-0.2, -0.15) is 5.10 Å². The average molecular weight is 375 g/mol. The number of hydrogen-bond acceptors (Lipinski definition) is 11. The van der Waals surface area contributed by atoms with Crippen molar-refractivity contribution in [2.24, 2.45) is 5.10 Å². The zero-order valence-electron chi connectivity index (χ0n) is 13.9. The van der Waals surface area contributed by atoms with E-state index in [0.29, 0.717) is 5.76 Å². The normalized spacial score (nSPS) is 25.6. The number of furan rings is 1. The van der Waals surface area contributed by atoms with Gasteiger partial charge in [0.2, 0.25) is 5.95 Å². The fraction of sp³-hybridized carbons (Fsp3) is 0.333. The zero-order valence-corrected chi connectivity index (χ0v) is 13.9. The van der Waals surface area contributed by atoms with Crippen molar-refractivity contribution in [2.75, 3.05) is 17.8 Å². The fourth-order valence-electron chi connectivity index (χ4n) is 2.86. The van der Waals surface area contributed by atoms with Crippen molar-refractivity contribution in [2.45, 2.75) is 24.5 Å². The molecule has 1 fully saturated rings. The molecule has 3 aromatic rings. The number of hydrogen-bond donors (Lipinski definition) is 5. The Bertz CT molecular complexity index is 957. The summed E-state index contributed by atoms with van der Waals surface area (Å²) in [6.07, 6.45) is -0.463. The Morgan fingerprint density at radius 1 is 1.33 bits per heavy atom. The van der Waals surface area contributed by atoms with Crippen molar-refractivity contribution in [3.05, 3.63) is 30.5 Å². The highest BCUT2D eigenvalue weighted by Gasteiger charge is 2.45. The molecule has 4 atom stereocenters. The third-order valence-corrected chi connectivity index (χ3v) is 4.18.